The topological polar surface area (TPSA) is 66.0 Å². The molecule has 0 aliphatic carbocycles. The van der Waals surface area contributed by atoms with Gasteiger partial charge < -0.3 is 24.3 Å². The van der Waals surface area contributed by atoms with E-state index in [9.17, 15) is 4.79 Å². The van der Waals surface area contributed by atoms with Crippen molar-refractivity contribution in [3.63, 3.8) is 0 Å². The zero-order chi connectivity index (χ0) is 14.9. The number of hydrogen-bond donors (Lipinski definition) is 1. The Kier molecular flexibility index (Phi) is 6.30. The Morgan fingerprint density at radius 3 is 2.29 bits per heavy atom. The second-order valence-corrected chi connectivity index (χ2v) is 4.48. The zero-order valence-corrected chi connectivity index (χ0v) is 12.2. The number of amides is 1. The van der Waals surface area contributed by atoms with Gasteiger partial charge in [-0.1, -0.05) is 6.92 Å². The first-order chi connectivity index (χ1) is 10.3. The Morgan fingerprint density at radius 1 is 1.00 bits per heavy atom. The van der Waals surface area contributed by atoms with Gasteiger partial charge in [0.2, 0.25) is 5.91 Å². The summed E-state index contributed by atoms with van der Waals surface area (Å²) >= 11 is 0. The van der Waals surface area contributed by atoms with Crippen LogP contribution in [0.4, 0.5) is 5.69 Å². The van der Waals surface area contributed by atoms with E-state index in [1.165, 1.54) is 0 Å². The SMILES string of the molecule is CCC(=O)Nc1ccc2c(c1)OCCOCCOCCO2. The molecule has 0 radical (unpaired) electrons. The first-order valence-corrected chi connectivity index (χ1v) is 7.14. The van der Waals surface area contributed by atoms with Crippen LogP contribution in [0.2, 0.25) is 0 Å². The van der Waals surface area contributed by atoms with Crippen molar-refractivity contribution in [1.82, 2.24) is 0 Å². The normalized spacial score (nSPS) is 16.4. The summed E-state index contributed by atoms with van der Waals surface area (Å²) in [5.41, 5.74) is 0.688. The lowest BCUT2D eigenvalue weighted by Gasteiger charge is -2.16. The fourth-order valence-corrected chi connectivity index (χ4v) is 1.81. The predicted octanol–water partition coefficient (Wildman–Crippen LogP) is 1.84. The van der Waals surface area contributed by atoms with Crippen LogP contribution in [0.1, 0.15) is 13.3 Å². The monoisotopic (exact) mass is 295 g/mol. The highest BCUT2D eigenvalue weighted by Gasteiger charge is 2.09. The first-order valence-electron chi connectivity index (χ1n) is 7.14. The molecule has 1 aromatic carbocycles. The number of carbonyl (C=O) groups is 1. The molecule has 0 aromatic heterocycles. The minimum absolute atomic E-state index is 0.0410. The third kappa shape index (κ3) is 5.24. The number of nitrogens with one attached hydrogen (secondary N) is 1. The van der Waals surface area contributed by atoms with E-state index in [4.69, 9.17) is 18.9 Å². The predicted molar refractivity (Wildman–Crippen MR) is 78.0 cm³/mol. The number of carbonyl (C=O) groups excluding carboxylic acids is 1. The maximum Gasteiger partial charge on any atom is 0.224 e. The Balaban J connectivity index is 2.08. The van der Waals surface area contributed by atoms with Gasteiger partial charge in [-0.05, 0) is 12.1 Å². The second-order valence-electron chi connectivity index (χ2n) is 4.48. The molecular formula is C15H21NO5. The van der Waals surface area contributed by atoms with Crippen LogP contribution in [0, 0.1) is 0 Å². The molecule has 0 saturated heterocycles. The Hall–Kier alpha value is -1.79. The van der Waals surface area contributed by atoms with E-state index >= 15 is 0 Å². The lowest BCUT2D eigenvalue weighted by atomic mass is 10.2. The summed E-state index contributed by atoms with van der Waals surface area (Å²) in [6.07, 6.45) is 0.430. The number of rotatable bonds is 2. The molecule has 1 N–H and O–H groups in total. The number of fused-ring (bicyclic) bond motifs is 1. The fourth-order valence-electron chi connectivity index (χ4n) is 1.81. The maximum atomic E-state index is 11.4. The summed E-state index contributed by atoms with van der Waals surface area (Å²) in [5, 5.41) is 2.80. The summed E-state index contributed by atoms with van der Waals surface area (Å²) in [7, 11) is 0. The molecule has 1 aliphatic rings. The summed E-state index contributed by atoms with van der Waals surface area (Å²) < 4.78 is 22.1. The van der Waals surface area contributed by atoms with Crippen molar-refractivity contribution in [2.75, 3.05) is 45.0 Å². The van der Waals surface area contributed by atoms with Crippen LogP contribution in [0.3, 0.4) is 0 Å². The molecule has 0 atom stereocenters. The van der Waals surface area contributed by atoms with Gasteiger partial charge in [0, 0.05) is 18.2 Å². The molecule has 0 unspecified atom stereocenters. The van der Waals surface area contributed by atoms with Crippen LogP contribution < -0.4 is 14.8 Å². The van der Waals surface area contributed by atoms with E-state index in [2.05, 4.69) is 5.32 Å². The molecule has 1 aromatic rings. The molecule has 1 aliphatic heterocycles. The summed E-state index contributed by atoms with van der Waals surface area (Å²) in [4.78, 5) is 11.4. The molecule has 6 heteroatoms. The summed E-state index contributed by atoms with van der Waals surface area (Å²) in [6, 6.07) is 5.34. The van der Waals surface area contributed by atoms with E-state index in [-0.39, 0.29) is 5.91 Å². The minimum atomic E-state index is -0.0410. The van der Waals surface area contributed by atoms with Crippen molar-refractivity contribution >= 4 is 11.6 Å². The van der Waals surface area contributed by atoms with Crippen molar-refractivity contribution in [3.05, 3.63) is 18.2 Å². The Morgan fingerprint density at radius 2 is 1.62 bits per heavy atom. The average molecular weight is 295 g/mol. The highest BCUT2D eigenvalue weighted by atomic mass is 16.6. The molecule has 0 fully saturated rings. The van der Waals surface area contributed by atoms with E-state index in [1.807, 2.05) is 0 Å². The van der Waals surface area contributed by atoms with E-state index in [0.29, 0.717) is 63.2 Å². The molecule has 0 bridgehead atoms. The minimum Gasteiger partial charge on any atom is -0.487 e. The van der Waals surface area contributed by atoms with Crippen molar-refractivity contribution in [2.45, 2.75) is 13.3 Å². The first kappa shape index (κ1) is 15.6. The third-order valence-electron chi connectivity index (χ3n) is 2.89. The maximum absolute atomic E-state index is 11.4. The molecule has 1 amide bonds. The lowest BCUT2D eigenvalue weighted by Crippen LogP contribution is -2.16. The fraction of sp³-hybridized carbons (Fsp3) is 0.533. The molecule has 2 rings (SSSR count). The largest absolute Gasteiger partial charge is 0.487 e. The highest BCUT2D eigenvalue weighted by molar-refractivity contribution is 5.90. The summed E-state index contributed by atoms with van der Waals surface area (Å²) in [5.74, 6) is 1.18. The molecular weight excluding hydrogens is 274 g/mol. The Bertz CT molecular complexity index is 463. The van der Waals surface area contributed by atoms with Gasteiger partial charge in [0.15, 0.2) is 11.5 Å². The van der Waals surface area contributed by atoms with Crippen LogP contribution in [-0.2, 0) is 14.3 Å². The summed E-state index contributed by atoms with van der Waals surface area (Å²) in [6.45, 7) is 4.74. The van der Waals surface area contributed by atoms with Crippen molar-refractivity contribution in [1.29, 1.82) is 0 Å². The number of ether oxygens (including phenoxy) is 4. The van der Waals surface area contributed by atoms with Crippen molar-refractivity contribution in [3.8, 4) is 11.5 Å². The van der Waals surface area contributed by atoms with Crippen LogP contribution in [-0.4, -0.2) is 45.5 Å². The van der Waals surface area contributed by atoms with Crippen molar-refractivity contribution < 1.29 is 23.7 Å². The van der Waals surface area contributed by atoms with Gasteiger partial charge in [-0.3, -0.25) is 4.79 Å². The number of anilines is 1. The van der Waals surface area contributed by atoms with Gasteiger partial charge in [0.1, 0.15) is 13.2 Å². The van der Waals surface area contributed by atoms with E-state index in [1.54, 1.807) is 25.1 Å². The molecule has 0 spiro atoms. The molecule has 0 saturated carbocycles. The Labute approximate surface area is 124 Å². The van der Waals surface area contributed by atoms with Crippen LogP contribution in [0.15, 0.2) is 18.2 Å². The van der Waals surface area contributed by atoms with Crippen LogP contribution in [0.5, 0.6) is 11.5 Å². The van der Waals surface area contributed by atoms with Gasteiger partial charge in [-0.25, -0.2) is 0 Å². The number of benzene rings is 1. The van der Waals surface area contributed by atoms with Gasteiger partial charge in [-0.15, -0.1) is 0 Å². The van der Waals surface area contributed by atoms with E-state index < -0.39 is 0 Å². The quantitative estimate of drug-likeness (QED) is 0.902. The van der Waals surface area contributed by atoms with Gasteiger partial charge in [-0.2, -0.15) is 0 Å². The zero-order valence-electron chi connectivity index (χ0n) is 12.2. The van der Waals surface area contributed by atoms with Crippen LogP contribution in [0.25, 0.3) is 0 Å². The second kappa shape index (κ2) is 8.49. The standard InChI is InChI=1S/C15H21NO5/c1-2-15(17)16-12-3-4-13-14(11-12)21-10-8-19-6-5-18-7-9-20-13/h3-4,11H,2,5-10H2,1H3,(H,16,17). The van der Waals surface area contributed by atoms with E-state index in [0.717, 1.165) is 0 Å². The number of hydrogen-bond acceptors (Lipinski definition) is 5. The smallest absolute Gasteiger partial charge is 0.224 e. The van der Waals surface area contributed by atoms with Crippen LogP contribution >= 0.6 is 0 Å². The molecule has 116 valence electrons. The molecule has 6 nitrogen and oxygen atoms in total. The third-order valence-corrected chi connectivity index (χ3v) is 2.89. The molecule has 21 heavy (non-hydrogen) atoms. The average Bonchev–Trinajstić information content (AvgIpc) is 2.48. The van der Waals surface area contributed by atoms with Gasteiger partial charge >= 0.3 is 0 Å². The van der Waals surface area contributed by atoms with Gasteiger partial charge in [0.05, 0.1) is 26.4 Å². The van der Waals surface area contributed by atoms with Crippen molar-refractivity contribution in [2.24, 2.45) is 0 Å². The molecule has 1 heterocycles. The lowest BCUT2D eigenvalue weighted by molar-refractivity contribution is -0.115. The highest BCUT2D eigenvalue weighted by Crippen LogP contribution is 2.30. The van der Waals surface area contributed by atoms with Gasteiger partial charge in [0.25, 0.3) is 0 Å².